The minimum Gasteiger partial charge on any atom is -0.476 e. The fourth-order valence-corrected chi connectivity index (χ4v) is 1.76. The third kappa shape index (κ3) is 1.55. The molecule has 0 saturated heterocycles. The summed E-state index contributed by atoms with van der Waals surface area (Å²) >= 11 is 0. The van der Waals surface area contributed by atoms with E-state index >= 15 is 0 Å². The smallest absolute Gasteiger partial charge is 0.358 e. The maximum absolute atomic E-state index is 11.0. The van der Waals surface area contributed by atoms with Gasteiger partial charge in [-0.3, -0.25) is 0 Å². The van der Waals surface area contributed by atoms with Gasteiger partial charge in [0.2, 0.25) is 0 Å². The number of aromatic carboxylic acids is 1. The minimum absolute atomic E-state index is 0.0768. The molecule has 3 aromatic heterocycles. The van der Waals surface area contributed by atoms with Gasteiger partial charge in [-0.1, -0.05) is 0 Å². The van der Waals surface area contributed by atoms with Crippen LogP contribution >= 0.6 is 0 Å². The van der Waals surface area contributed by atoms with E-state index < -0.39 is 5.97 Å². The predicted octanol–water partition coefficient (Wildman–Crippen LogP) is 2.00. The third-order valence-corrected chi connectivity index (χ3v) is 2.57. The summed E-state index contributed by atoms with van der Waals surface area (Å²) in [6.45, 7) is 1.84. The van der Waals surface area contributed by atoms with Crippen LogP contribution in [-0.2, 0) is 0 Å². The normalized spacial score (nSPS) is 10.9. The van der Waals surface area contributed by atoms with Gasteiger partial charge >= 0.3 is 5.97 Å². The van der Waals surface area contributed by atoms with Gasteiger partial charge < -0.3 is 13.9 Å². The van der Waals surface area contributed by atoms with Crippen LogP contribution in [0.5, 0.6) is 0 Å². The highest BCUT2D eigenvalue weighted by molar-refractivity contribution is 5.92. The molecule has 0 aliphatic rings. The number of aromatic nitrogens is 3. The largest absolute Gasteiger partial charge is 0.476 e. The van der Waals surface area contributed by atoms with E-state index in [1.165, 1.54) is 6.20 Å². The van der Waals surface area contributed by atoms with Crippen LogP contribution in [0.4, 0.5) is 0 Å². The minimum atomic E-state index is -1.10. The number of hydrogen-bond donors (Lipinski definition) is 1. The molecular formula is C12H9N3O3. The van der Waals surface area contributed by atoms with Crippen LogP contribution < -0.4 is 0 Å². The lowest BCUT2D eigenvalue weighted by atomic mass is 10.3. The highest BCUT2D eigenvalue weighted by Crippen LogP contribution is 2.22. The summed E-state index contributed by atoms with van der Waals surface area (Å²) < 4.78 is 7.07. The molecule has 18 heavy (non-hydrogen) atoms. The zero-order chi connectivity index (χ0) is 12.7. The van der Waals surface area contributed by atoms with E-state index in [2.05, 4.69) is 9.97 Å². The van der Waals surface area contributed by atoms with Gasteiger partial charge in [0, 0.05) is 18.6 Å². The molecule has 0 amide bonds. The van der Waals surface area contributed by atoms with E-state index in [0.29, 0.717) is 17.1 Å². The van der Waals surface area contributed by atoms with Crippen molar-refractivity contribution >= 4 is 11.6 Å². The van der Waals surface area contributed by atoms with Gasteiger partial charge in [-0.15, -0.1) is 0 Å². The molecule has 0 radical (unpaired) electrons. The van der Waals surface area contributed by atoms with Gasteiger partial charge in [0.1, 0.15) is 11.5 Å². The fourth-order valence-electron chi connectivity index (χ4n) is 1.76. The van der Waals surface area contributed by atoms with Crippen LogP contribution in [0.15, 0.2) is 35.1 Å². The molecule has 90 valence electrons. The van der Waals surface area contributed by atoms with Gasteiger partial charge in [0.25, 0.3) is 0 Å². The van der Waals surface area contributed by atoms with Gasteiger partial charge in [-0.2, -0.15) is 0 Å². The van der Waals surface area contributed by atoms with E-state index in [1.54, 1.807) is 22.9 Å². The van der Waals surface area contributed by atoms with Gasteiger partial charge in [0.15, 0.2) is 17.1 Å². The first kappa shape index (κ1) is 10.5. The average Bonchev–Trinajstić information content (AvgIpc) is 2.93. The van der Waals surface area contributed by atoms with E-state index in [9.17, 15) is 4.79 Å². The molecule has 6 nitrogen and oxygen atoms in total. The molecule has 0 atom stereocenters. The molecule has 0 saturated carbocycles. The Morgan fingerprint density at radius 3 is 2.94 bits per heavy atom. The summed E-state index contributed by atoms with van der Waals surface area (Å²) in [5.41, 5.74) is 0.805. The lowest BCUT2D eigenvalue weighted by Gasteiger charge is -1.95. The second kappa shape index (κ2) is 3.69. The van der Waals surface area contributed by atoms with Gasteiger partial charge in [-0.25, -0.2) is 14.8 Å². The molecule has 0 bridgehead atoms. The Morgan fingerprint density at radius 1 is 1.44 bits per heavy atom. The second-order valence-corrected chi connectivity index (χ2v) is 3.85. The molecule has 0 unspecified atom stereocenters. The van der Waals surface area contributed by atoms with Gasteiger partial charge in [-0.05, 0) is 19.1 Å². The molecule has 0 aromatic carbocycles. The van der Waals surface area contributed by atoms with Gasteiger partial charge in [0.05, 0.1) is 0 Å². The van der Waals surface area contributed by atoms with Crippen molar-refractivity contribution in [2.24, 2.45) is 0 Å². The van der Waals surface area contributed by atoms with Crippen LogP contribution in [0.1, 0.15) is 16.2 Å². The molecule has 3 rings (SSSR count). The standard InChI is InChI=1S/C12H9N3O3/c1-7-2-3-9(18-7)8-6-15-5-4-13-10(12(16)17)11(15)14-8/h2-6H,1H3,(H,16,17). The summed E-state index contributed by atoms with van der Waals surface area (Å²) in [5, 5.41) is 9.03. The molecule has 0 aliphatic heterocycles. The number of imidazole rings is 1. The molecule has 1 N–H and O–H groups in total. The topological polar surface area (TPSA) is 80.6 Å². The van der Waals surface area contributed by atoms with E-state index in [-0.39, 0.29) is 5.69 Å². The van der Waals surface area contributed by atoms with Crippen LogP contribution in [0.25, 0.3) is 17.1 Å². The van der Waals surface area contributed by atoms with Crippen LogP contribution in [-0.4, -0.2) is 25.4 Å². The third-order valence-electron chi connectivity index (χ3n) is 2.57. The number of fused-ring (bicyclic) bond motifs is 1. The summed E-state index contributed by atoms with van der Waals surface area (Å²) in [6.07, 6.45) is 4.78. The number of aryl methyl sites for hydroxylation is 1. The number of carbonyl (C=O) groups is 1. The van der Waals surface area contributed by atoms with Crippen LogP contribution in [0.2, 0.25) is 0 Å². The summed E-state index contributed by atoms with van der Waals surface area (Å²) in [7, 11) is 0. The highest BCUT2D eigenvalue weighted by Gasteiger charge is 2.15. The average molecular weight is 243 g/mol. The van der Waals surface area contributed by atoms with Crippen molar-refractivity contribution in [2.75, 3.05) is 0 Å². The molecule has 3 aromatic rings. The fraction of sp³-hybridized carbons (Fsp3) is 0.0833. The van der Waals surface area contributed by atoms with Crippen LogP contribution in [0.3, 0.4) is 0 Å². The first-order valence-electron chi connectivity index (χ1n) is 5.29. The molecular weight excluding hydrogens is 234 g/mol. The number of furan rings is 1. The Bertz CT molecular complexity index is 742. The zero-order valence-corrected chi connectivity index (χ0v) is 9.49. The lowest BCUT2D eigenvalue weighted by molar-refractivity contribution is 0.0692. The maximum atomic E-state index is 11.0. The Kier molecular flexibility index (Phi) is 2.16. The Labute approximate surface area is 102 Å². The summed E-state index contributed by atoms with van der Waals surface area (Å²) in [5.74, 6) is 0.277. The predicted molar refractivity (Wildman–Crippen MR) is 62.4 cm³/mol. The second-order valence-electron chi connectivity index (χ2n) is 3.85. The number of rotatable bonds is 2. The Balaban J connectivity index is 2.22. The molecule has 0 aliphatic carbocycles. The highest BCUT2D eigenvalue weighted by atomic mass is 16.4. The van der Waals surface area contributed by atoms with Crippen molar-refractivity contribution < 1.29 is 14.3 Å². The lowest BCUT2D eigenvalue weighted by Crippen LogP contribution is -2.03. The Morgan fingerprint density at radius 2 is 2.28 bits per heavy atom. The number of nitrogens with zero attached hydrogens (tertiary/aromatic N) is 3. The first-order chi connectivity index (χ1) is 8.65. The summed E-state index contributed by atoms with van der Waals surface area (Å²) in [4.78, 5) is 19.1. The number of carboxylic acid groups (broad SMARTS) is 1. The monoisotopic (exact) mass is 243 g/mol. The molecule has 6 heteroatoms. The van der Waals surface area contributed by atoms with Crippen LogP contribution in [0, 0.1) is 6.92 Å². The van der Waals surface area contributed by atoms with Crippen molar-refractivity contribution in [2.45, 2.75) is 6.92 Å². The van der Waals surface area contributed by atoms with E-state index in [1.807, 2.05) is 13.0 Å². The molecule has 0 spiro atoms. The Hall–Kier alpha value is -2.63. The molecule has 0 fully saturated rings. The van der Waals surface area contributed by atoms with E-state index in [4.69, 9.17) is 9.52 Å². The summed E-state index contributed by atoms with van der Waals surface area (Å²) in [6, 6.07) is 3.63. The van der Waals surface area contributed by atoms with Crippen molar-refractivity contribution in [3.8, 4) is 11.5 Å². The SMILES string of the molecule is Cc1ccc(-c2cn3ccnc(C(=O)O)c3n2)o1. The first-order valence-corrected chi connectivity index (χ1v) is 5.29. The maximum Gasteiger partial charge on any atom is 0.358 e. The number of hydrogen-bond acceptors (Lipinski definition) is 4. The number of carboxylic acids is 1. The zero-order valence-electron chi connectivity index (χ0n) is 9.49. The van der Waals surface area contributed by atoms with Crippen molar-refractivity contribution in [3.63, 3.8) is 0 Å². The quantitative estimate of drug-likeness (QED) is 0.744. The van der Waals surface area contributed by atoms with Crippen molar-refractivity contribution in [1.82, 2.24) is 14.4 Å². The van der Waals surface area contributed by atoms with Crippen molar-refractivity contribution in [3.05, 3.63) is 42.2 Å². The van der Waals surface area contributed by atoms with Crippen molar-refractivity contribution in [1.29, 1.82) is 0 Å². The van der Waals surface area contributed by atoms with E-state index in [0.717, 1.165) is 5.76 Å². The molecule has 3 heterocycles.